The SMILES string of the molecule is CCCCCCCCCCCCOS(=O)(=O)[O-].CCCCCCCCCCCCS(=O)(=O)Oc1ccccc1.[Na+]. The number of hydrogen-bond donors (Lipinski definition) is 0. The summed E-state index contributed by atoms with van der Waals surface area (Å²) >= 11 is 0. The molecule has 0 heterocycles. The van der Waals surface area contributed by atoms with Crippen molar-refractivity contribution in [3.8, 4) is 5.75 Å². The zero-order valence-electron chi connectivity index (χ0n) is 25.6. The van der Waals surface area contributed by atoms with Crippen molar-refractivity contribution in [2.24, 2.45) is 0 Å². The van der Waals surface area contributed by atoms with E-state index in [4.69, 9.17) is 4.18 Å². The third-order valence-electron chi connectivity index (χ3n) is 6.44. The predicted molar refractivity (Wildman–Crippen MR) is 160 cm³/mol. The molecule has 0 N–H and O–H groups in total. The third kappa shape index (κ3) is 32.4. The van der Waals surface area contributed by atoms with Gasteiger partial charge in [-0.2, -0.15) is 8.42 Å². The topological polar surface area (TPSA) is 110 Å². The standard InChI is InChI=1S/C18H30O3S.C12H26O4S.Na/c1-2-3-4-5-6-7-8-9-10-14-17-22(19,20)21-18-15-12-11-13-16-18;1-2-3-4-5-6-7-8-9-10-11-12-16-17(13,14)15;/h11-13,15-16H,2-10,14,17H2,1H3;2-12H2,1H3,(H,13,14,15);/q;;+1/p-1. The number of unbranched alkanes of at least 4 members (excludes halogenated alkanes) is 18. The van der Waals surface area contributed by atoms with E-state index >= 15 is 0 Å². The molecular formula is C30H55NaO7S2. The second-order valence-corrected chi connectivity index (χ2v) is 13.0. The van der Waals surface area contributed by atoms with Gasteiger partial charge in [0, 0.05) is 0 Å². The Kier molecular flexibility index (Phi) is 30.4. The van der Waals surface area contributed by atoms with Crippen molar-refractivity contribution in [2.45, 2.75) is 142 Å². The molecule has 10 heteroatoms. The second-order valence-electron chi connectivity index (χ2n) is 10.3. The van der Waals surface area contributed by atoms with E-state index in [1.807, 2.05) is 6.07 Å². The quantitative estimate of drug-likeness (QED) is 0.0457. The van der Waals surface area contributed by atoms with Gasteiger partial charge in [0.25, 0.3) is 0 Å². The van der Waals surface area contributed by atoms with Gasteiger partial charge in [0.1, 0.15) is 5.75 Å². The average Bonchev–Trinajstić information content (AvgIpc) is 2.88. The molecule has 0 saturated heterocycles. The van der Waals surface area contributed by atoms with E-state index in [1.54, 1.807) is 24.3 Å². The molecule has 40 heavy (non-hydrogen) atoms. The Morgan fingerprint density at radius 3 is 1.35 bits per heavy atom. The van der Waals surface area contributed by atoms with Crippen molar-refractivity contribution in [2.75, 3.05) is 12.4 Å². The molecule has 0 aliphatic carbocycles. The summed E-state index contributed by atoms with van der Waals surface area (Å²) in [6.45, 7) is 4.47. The Morgan fingerprint density at radius 1 is 0.575 bits per heavy atom. The second kappa shape index (κ2) is 28.9. The normalized spacial score (nSPS) is 11.4. The van der Waals surface area contributed by atoms with Gasteiger partial charge in [0.15, 0.2) is 0 Å². The summed E-state index contributed by atoms with van der Waals surface area (Å²) in [5.41, 5.74) is 0. The Bertz CT molecular complexity index is 863. The van der Waals surface area contributed by atoms with Crippen LogP contribution >= 0.6 is 0 Å². The van der Waals surface area contributed by atoms with Crippen LogP contribution in [0.15, 0.2) is 30.3 Å². The van der Waals surface area contributed by atoms with Crippen LogP contribution in [-0.2, 0) is 24.7 Å². The van der Waals surface area contributed by atoms with Crippen molar-refractivity contribution < 1.29 is 59.3 Å². The van der Waals surface area contributed by atoms with Crippen LogP contribution in [0.1, 0.15) is 142 Å². The van der Waals surface area contributed by atoms with Crippen LogP contribution < -0.4 is 33.7 Å². The largest absolute Gasteiger partial charge is 1.00 e. The van der Waals surface area contributed by atoms with Gasteiger partial charge in [0.05, 0.1) is 12.4 Å². The van der Waals surface area contributed by atoms with Crippen LogP contribution in [0.4, 0.5) is 0 Å². The van der Waals surface area contributed by atoms with E-state index in [0.29, 0.717) is 18.6 Å². The van der Waals surface area contributed by atoms with Crippen LogP contribution in [0.25, 0.3) is 0 Å². The minimum absolute atomic E-state index is 0. The molecule has 0 saturated carbocycles. The van der Waals surface area contributed by atoms with Gasteiger partial charge in [-0.25, -0.2) is 8.42 Å². The van der Waals surface area contributed by atoms with E-state index in [9.17, 15) is 21.4 Å². The maximum Gasteiger partial charge on any atom is 1.00 e. The molecule has 0 bridgehead atoms. The molecule has 0 aliphatic heterocycles. The van der Waals surface area contributed by atoms with E-state index in [2.05, 4.69) is 18.0 Å². The smallest absolute Gasteiger partial charge is 0.726 e. The molecule has 230 valence electrons. The van der Waals surface area contributed by atoms with Crippen LogP contribution in [0, 0.1) is 0 Å². The fraction of sp³-hybridized carbons (Fsp3) is 0.800. The first-order chi connectivity index (χ1) is 18.7. The van der Waals surface area contributed by atoms with Crippen LogP contribution in [0.3, 0.4) is 0 Å². The fourth-order valence-corrected chi connectivity index (χ4v) is 5.55. The molecule has 0 unspecified atom stereocenters. The average molecular weight is 615 g/mol. The van der Waals surface area contributed by atoms with Crippen molar-refractivity contribution in [3.63, 3.8) is 0 Å². The van der Waals surface area contributed by atoms with E-state index in [1.165, 1.54) is 89.9 Å². The molecule has 1 rings (SSSR count). The maximum absolute atomic E-state index is 11.8. The van der Waals surface area contributed by atoms with Crippen LogP contribution in [-0.4, -0.2) is 33.7 Å². The molecule has 0 radical (unpaired) electrons. The first-order valence-electron chi connectivity index (χ1n) is 15.3. The van der Waals surface area contributed by atoms with Crippen LogP contribution in [0.2, 0.25) is 0 Å². The summed E-state index contributed by atoms with van der Waals surface area (Å²) in [6, 6.07) is 8.70. The number of hydrogen-bond acceptors (Lipinski definition) is 7. The van der Waals surface area contributed by atoms with Gasteiger partial charge in [-0.15, -0.1) is 0 Å². The monoisotopic (exact) mass is 614 g/mol. The summed E-state index contributed by atoms with van der Waals surface area (Å²) < 4.78 is 63.1. The number of rotatable bonds is 25. The van der Waals surface area contributed by atoms with Crippen molar-refractivity contribution in [1.29, 1.82) is 0 Å². The molecule has 0 fully saturated rings. The van der Waals surface area contributed by atoms with Crippen LogP contribution in [0.5, 0.6) is 5.75 Å². The number of benzene rings is 1. The molecule has 0 amide bonds. The molecule has 1 aromatic carbocycles. The zero-order chi connectivity index (χ0) is 29.1. The van der Waals surface area contributed by atoms with E-state index < -0.39 is 20.5 Å². The van der Waals surface area contributed by atoms with E-state index in [0.717, 1.165) is 25.7 Å². The molecule has 0 aromatic heterocycles. The Balaban J connectivity index is 0. The summed E-state index contributed by atoms with van der Waals surface area (Å²) in [5.74, 6) is 0.507. The molecule has 0 spiro atoms. The van der Waals surface area contributed by atoms with Crippen molar-refractivity contribution in [1.82, 2.24) is 0 Å². The van der Waals surface area contributed by atoms with Gasteiger partial charge in [0.2, 0.25) is 10.4 Å². The zero-order valence-corrected chi connectivity index (χ0v) is 29.3. The molecule has 0 aliphatic rings. The summed E-state index contributed by atoms with van der Waals surface area (Å²) in [6.07, 6.45) is 23.6. The Labute approximate surface area is 269 Å². The van der Waals surface area contributed by atoms with Gasteiger partial charge in [-0.05, 0) is 25.0 Å². The summed E-state index contributed by atoms with van der Waals surface area (Å²) in [5, 5.41) is 0. The van der Waals surface area contributed by atoms with Gasteiger partial charge < -0.3 is 8.74 Å². The molecule has 7 nitrogen and oxygen atoms in total. The number of para-hydroxylation sites is 1. The van der Waals surface area contributed by atoms with E-state index in [-0.39, 0.29) is 41.9 Å². The minimum Gasteiger partial charge on any atom is -0.726 e. The van der Waals surface area contributed by atoms with Crippen molar-refractivity contribution >= 4 is 20.5 Å². The third-order valence-corrected chi connectivity index (χ3v) is 8.13. The summed E-state index contributed by atoms with van der Waals surface area (Å²) in [4.78, 5) is 0. The predicted octanol–water partition coefficient (Wildman–Crippen LogP) is 5.70. The molecular weight excluding hydrogens is 559 g/mol. The van der Waals surface area contributed by atoms with Gasteiger partial charge in [-0.1, -0.05) is 148 Å². The van der Waals surface area contributed by atoms with Gasteiger partial charge >= 0.3 is 39.7 Å². The first-order valence-corrected chi connectivity index (χ1v) is 18.2. The molecule has 0 atom stereocenters. The minimum atomic E-state index is -4.48. The molecule has 1 aromatic rings. The summed E-state index contributed by atoms with van der Waals surface area (Å²) in [7, 11) is -7.93. The first kappa shape index (κ1) is 42.0. The Hall–Kier alpha value is -0.160. The van der Waals surface area contributed by atoms with Gasteiger partial charge in [-0.3, -0.25) is 4.18 Å². The fourth-order valence-electron chi connectivity index (χ4n) is 4.18. The maximum atomic E-state index is 11.8. The van der Waals surface area contributed by atoms with Crippen molar-refractivity contribution in [3.05, 3.63) is 30.3 Å². The Morgan fingerprint density at radius 2 is 0.950 bits per heavy atom.